The van der Waals surface area contributed by atoms with Crippen molar-refractivity contribution in [3.63, 3.8) is 0 Å². The molecule has 0 aromatic heterocycles. The fourth-order valence-corrected chi connectivity index (χ4v) is 2.35. The lowest BCUT2D eigenvalue weighted by molar-refractivity contribution is -0.118. The lowest BCUT2D eigenvalue weighted by Gasteiger charge is -2.18. The molecule has 0 aliphatic carbocycles. The summed E-state index contributed by atoms with van der Waals surface area (Å²) in [6.07, 6.45) is 0. The van der Waals surface area contributed by atoms with Gasteiger partial charge in [-0.2, -0.15) is 0 Å². The summed E-state index contributed by atoms with van der Waals surface area (Å²) in [4.78, 5) is 35.5. The molecule has 134 valence electrons. The third-order valence-corrected chi connectivity index (χ3v) is 3.66. The smallest absolute Gasteiger partial charge is 0.338 e. The molecular weight excluding hydrogens is 345 g/mol. The van der Waals surface area contributed by atoms with Crippen molar-refractivity contribution in [3.8, 4) is 11.5 Å². The van der Waals surface area contributed by atoms with Crippen LogP contribution in [0.15, 0.2) is 36.4 Å². The van der Waals surface area contributed by atoms with E-state index in [4.69, 9.17) is 14.2 Å². The SMILES string of the molecule is COc1ccc(C(=O)OCC(=O)c2ccc3c(c2)NC(=O)CO3)cc1F. The predicted molar refractivity (Wildman–Crippen MR) is 88.1 cm³/mol. The van der Waals surface area contributed by atoms with Crippen molar-refractivity contribution in [3.05, 3.63) is 53.3 Å². The molecule has 0 saturated heterocycles. The van der Waals surface area contributed by atoms with E-state index in [0.717, 1.165) is 6.07 Å². The predicted octanol–water partition coefficient (Wildman–Crippen LogP) is 2.20. The highest BCUT2D eigenvalue weighted by molar-refractivity contribution is 6.02. The highest BCUT2D eigenvalue weighted by Gasteiger charge is 2.19. The number of ketones is 1. The Labute approximate surface area is 147 Å². The number of fused-ring (bicyclic) bond motifs is 1. The number of Topliss-reactive ketones (excluding diaryl/α,β-unsaturated/α-hetero) is 1. The first-order valence-electron chi connectivity index (χ1n) is 7.58. The summed E-state index contributed by atoms with van der Waals surface area (Å²) in [7, 11) is 1.31. The van der Waals surface area contributed by atoms with Crippen LogP contribution in [0.25, 0.3) is 0 Å². The normalized spacial score (nSPS) is 12.5. The summed E-state index contributed by atoms with van der Waals surface area (Å²) in [5.74, 6) is -1.90. The minimum Gasteiger partial charge on any atom is -0.494 e. The Morgan fingerprint density at radius 2 is 1.96 bits per heavy atom. The van der Waals surface area contributed by atoms with Gasteiger partial charge in [0.25, 0.3) is 5.91 Å². The van der Waals surface area contributed by atoms with Gasteiger partial charge < -0.3 is 19.5 Å². The van der Waals surface area contributed by atoms with Gasteiger partial charge in [0.15, 0.2) is 30.6 Å². The van der Waals surface area contributed by atoms with Crippen molar-refractivity contribution in [1.82, 2.24) is 0 Å². The Morgan fingerprint density at radius 1 is 1.19 bits per heavy atom. The fraction of sp³-hybridized carbons (Fsp3) is 0.167. The van der Waals surface area contributed by atoms with Crippen molar-refractivity contribution in [2.45, 2.75) is 0 Å². The summed E-state index contributed by atoms with van der Waals surface area (Å²) in [5, 5.41) is 2.59. The van der Waals surface area contributed by atoms with E-state index >= 15 is 0 Å². The van der Waals surface area contributed by atoms with E-state index in [1.54, 1.807) is 6.07 Å². The molecule has 1 aliphatic heterocycles. The summed E-state index contributed by atoms with van der Waals surface area (Å²) < 4.78 is 28.5. The lowest BCUT2D eigenvalue weighted by atomic mass is 10.1. The average molecular weight is 359 g/mol. The quantitative estimate of drug-likeness (QED) is 0.650. The molecule has 0 saturated carbocycles. The monoisotopic (exact) mass is 359 g/mol. The summed E-state index contributed by atoms with van der Waals surface area (Å²) in [5.41, 5.74) is 0.570. The maximum Gasteiger partial charge on any atom is 0.338 e. The average Bonchev–Trinajstić information content (AvgIpc) is 2.65. The number of hydrogen-bond acceptors (Lipinski definition) is 6. The van der Waals surface area contributed by atoms with Crippen LogP contribution in [0.3, 0.4) is 0 Å². The topological polar surface area (TPSA) is 90.9 Å². The summed E-state index contributed by atoms with van der Waals surface area (Å²) in [6, 6.07) is 8.08. The molecule has 2 aromatic rings. The third kappa shape index (κ3) is 3.64. The zero-order chi connectivity index (χ0) is 18.7. The van der Waals surface area contributed by atoms with E-state index < -0.39 is 24.2 Å². The zero-order valence-corrected chi connectivity index (χ0v) is 13.7. The van der Waals surface area contributed by atoms with Gasteiger partial charge in [-0.05, 0) is 36.4 Å². The molecule has 0 fully saturated rings. The van der Waals surface area contributed by atoms with Gasteiger partial charge >= 0.3 is 5.97 Å². The molecule has 26 heavy (non-hydrogen) atoms. The van der Waals surface area contributed by atoms with E-state index in [0.29, 0.717) is 11.4 Å². The molecule has 0 spiro atoms. The number of esters is 1. The van der Waals surface area contributed by atoms with Crippen molar-refractivity contribution in [2.24, 2.45) is 0 Å². The Morgan fingerprint density at radius 3 is 2.69 bits per heavy atom. The van der Waals surface area contributed by atoms with Gasteiger partial charge in [-0.1, -0.05) is 0 Å². The lowest BCUT2D eigenvalue weighted by Crippen LogP contribution is -2.25. The number of amides is 1. The van der Waals surface area contributed by atoms with Gasteiger partial charge in [-0.3, -0.25) is 9.59 Å². The number of benzene rings is 2. The highest BCUT2D eigenvalue weighted by Crippen LogP contribution is 2.28. The number of rotatable bonds is 5. The fourth-order valence-electron chi connectivity index (χ4n) is 2.35. The molecule has 0 unspecified atom stereocenters. The van der Waals surface area contributed by atoms with Gasteiger partial charge in [-0.15, -0.1) is 0 Å². The molecule has 1 amide bonds. The van der Waals surface area contributed by atoms with Crippen molar-refractivity contribution in [2.75, 3.05) is 25.6 Å². The Kier molecular flexibility index (Phi) is 4.83. The van der Waals surface area contributed by atoms with E-state index in [2.05, 4.69) is 5.32 Å². The van der Waals surface area contributed by atoms with Crippen molar-refractivity contribution >= 4 is 23.3 Å². The molecule has 1 N–H and O–H groups in total. The molecule has 0 bridgehead atoms. The minimum atomic E-state index is -0.838. The molecule has 8 heteroatoms. The van der Waals surface area contributed by atoms with E-state index in [-0.39, 0.29) is 29.4 Å². The van der Waals surface area contributed by atoms with Crippen LogP contribution in [-0.2, 0) is 9.53 Å². The first-order valence-corrected chi connectivity index (χ1v) is 7.58. The standard InChI is InChI=1S/C18H14FNO6/c1-24-15-4-3-11(6-12(15)19)18(23)26-8-14(21)10-2-5-16-13(7-10)20-17(22)9-25-16/h2-7H,8-9H2,1H3,(H,20,22). The first-order chi connectivity index (χ1) is 12.5. The zero-order valence-electron chi connectivity index (χ0n) is 13.7. The number of carbonyl (C=O) groups is 3. The second-order valence-corrected chi connectivity index (χ2v) is 5.40. The number of hydrogen-bond donors (Lipinski definition) is 1. The minimum absolute atomic E-state index is 0.00375. The van der Waals surface area contributed by atoms with Crippen LogP contribution in [0.2, 0.25) is 0 Å². The highest BCUT2D eigenvalue weighted by atomic mass is 19.1. The van der Waals surface area contributed by atoms with Gasteiger partial charge in [0.1, 0.15) is 5.75 Å². The van der Waals surface area contributed by atoms with Crippen LogP contribution >= 0.6 is 0 Å². The molecule has 3 rings (SSSR count). The number of carbonyl (C=O) groups excluding carboxylic acids is 3. The maximum atomic E-state index is 13.6. The Balaban J connectivity index is 1.65. The van der Waals surface area contributed by atoms with Gasteiger partial charge in [0.2, 0.25) is 0 Å². The second kappa shape index (κ2) is 7.22. The number of anilines is 1. The third-order valence-electron chi connectivity index (χ3n) is 3.66. The number of nitrogens with one attached hydrogen (secondary N) is 1. The van der Waals surface area contributed by atoms with Crippen LogP contribution < -0.4 is 14.8 Å². The number of methoxy groups -OCH3 is 1. The van der Waals surface area contributed by atoms with Crippen LogP contribution in [0.5, 0.6) is 11.5 Å². The summed E-state index contributed by atoms with van der Waals surface area (Å²) in [6.45, 7) is -0.615. The van der Waals surface area contributed by atoms with Gasteiger partial charge in [0, 0.05) is 5.56 Å². The maximum absolute atomic E-state index is 13.6. The van der Waals surface area contributed by atoms with Crippen LogP contribution in [-0.4, -0.2) is 38.0 Å². The van der Waals surface area contributed by atoms with Crippen LogP contribution in [0.1, 0.15) is 20.7 Å². The Hall–Kier alpha value is -3.42. The molecule has 0 radical (unpaired) electrons. The summed E-state index contributed by atoms with van der Waals surface area (Å²) >= 11 is 0. The molecule has 1 aliphatic rings. The van der Waals surface area contributed by atoms with Crippen LogP contribution in [0, 0.1) is 5.82 Å². The second-order valence-electron chi connectivity index (χ2n) is 5.40. The van der Waals surface area contributed by atoms with Gasteiger partial charge in [0.05, 0.1) is 18.4 Å². The van der Waals surface area contributed by atoms with E-state index in [9.17, 15) is 18.8 Å². The van der Waals surface area contributed by atoms with Gasteiger partial charge in [-0.25, -0.2) is 9.18 Å². The molecular formula is C18H14FNO6. The number of ether oxygens (including phenoxy) is 3. The molecule has 0 atom stereocenters. The van der Waals surface area contributed by atoms with Crippen molar-refractivity contribution in [1.29, 1.82) is 0 Å². The van der Waals surface area contributed by atoms with E-state index in [1.165, 1.54) is 31.4 Å². The van der Waals surface area contributed by atoms with Crippen LogP contribution in [0.4, 0.5) is 10.1 Å². The molecule has 7 nitrogen and oxygen atoms in total. The molecule has 2 aromatic carbocycles. The first kappa shape index (κ1) is 17.4. The molecule has 1 heterocycles. The largest absolute Gasteiger partial charge is 0.494 e. The van der Waals surface area contributed by atoms with Crippen molar-refractivity contribution < 1.29 is 33.0 Å². The van der Waals surface area contributed by atoms with E-state index in [1.807, 2.05) is 0 Å². The Bertz CT molecular complexity index is 895. The number of halogens is 1.